The lowest BCUT2D eigenvalue weighted by atomic mass is 9.92. The molecule has 0 spiro atoms. The summed E-state index contributed by atoms with van der Waals surface area (Å²) in [5.41, 5.74) is 3.52. The molecule has 2 amide bonds. The molecule has 3 rings (SSSR count). The summed E-state index contributed by atoms with van der Waals surface area (Å²) in [6.07, 6.45) is -0.0278. The molecule has 1 unspecified atom stereocenters. The second-order valence-corrected chi connectivity index (χ2v) is 8.48. The van der Waals surface area contributed by atoms with Crippen LogP contribution < -0.4 is 19.9 Å². The van der Waals surface area contributed by atoms with E-state index in [0.29, 0.717) is 52.0 Å². The highest BCUT2D eigenvalue weighted by molar-refractivity contribution is 5.88. The predicted octanol–water partition coefficient (Wildman–Crippen LogP) is 2.25. The number of nitrogens with one attached hydrogen (secondary N) is 1. The van der Waals surface area contributed by atoms with E-state index in [9.17, 15) is 14.7 Å². The molecular formula is C26H35N3O6. The topological polar surface area (TPSA) is 112 Å². The van der Waals surface area contributed by atoms with Crippen molar-refractivity contribution in [3.63, 3.8) is 0 Å². The highest BCUT2D eigenvalue weighted by atomic mass is 16.5. The number of carbonyl (C=O) groups is 2. The quantitative estimate of drug-likeness (QED) is 0.331. The molecule has 1 aliphatic rings. The van der Waals surface area contributed by atoms with Crippen LogP contribution >= 0.6 is 0 Å². The van der Waals surface area contributed by atoms with Gasteiger partial charge in [-0.05, 0) is 56.0 Å². The molecule has 2 atom stereocenters. The maximum Gasteiger partial charge on any atom is 0.272 e. The minimum absolute atomic E-state index is 0.285. The fourth-order valence-corrected chi connectivity index (χ4v) is 4.40. The summed E-state index contributed by atoms with van der Waals surface area (Å²) in [4.78, 5) is 29.1. The molecule has 1 heterocycles. The number of hydroxylamine groups is 1. The van der Waals surface area contributed by atoms with E-state index in [1.54, 1.807) is 12.0 Å². The lowest BCUT2D eigenvalue weighted by molar-refractivity contribution is -0.150. The number of aliphatic hydroxyl groups is 1. The van der Waals surface area contributed by atoms with E-state index in [0.717, 1.165) is 22.7 Å². The monoisotopic (exact) mass is 485 g/mol. The van der Waals surface area contributed by atoms with Crippen molar-refractivity contribution in [3.05, 3.63) is 54.1 Å². The van der Waals surface area contributed by atoms with Crippen LogP contribution in [0.15, 0.2) is 48.5 Å². The predicted molar refractivity (Wildman–Crippen MR) is 132 cm³/mol. The maximum atomic E-state index is 13.3. The number of aryl methyl sites for hydroxylation is 1. The summed E-state index contributed by atoms with van der Waals surface area (Å²) in [6.45, 7) is 4.65. The number of anilines is 1. The van der Waals surface area contributed by atoms with Crippen LogP contribution in [0, 0.1) is 5.92 Å². The molecule has 9 nitrogen and oxygen atoms in total. The van der Waals surface area contributed by atoms with Gasteiger partial charge in [0.25, 0.3) is 5.91 Å². The van der Waals surface area contributed by atoms with Crippen molar-refractivity contribution in [1.82, 2.24) is 10.4 Å². The number of benzene rings is 2. The number of hydrogen-bond donors (Lipinski definition) is 3. The van der Waals surface area contributed by atoms with Crippen LogP contribution in [0.4, 0.5) is 5.69 Å². The highest BCUT2D eigenvalue weighted by Gasteiger charge is 2.35. The first kappa shape index (κ1) is 26.3. The summed E-state index contributed by atoms with van der Waals surface area (Å²) in [7, 11) is 1.63. The van der Waals surface area contributed by atoms with Crippen molar-refractivity contribution in [2.45, 2.75) is 32.3 Å². The van der Waals surface area contributed by atoms with Gasteiger partial charge in [-0.3, -0.25) is 14.8 Å². The molecular weight excluding hydrogens is 450 g/mol. The third-order valence-corrected chi connectivity index (χ3v) is 6.31. The molecule has 3 N–H and O–H groups in total. The molecule has 35 heavy (non-hydrogen) atoms. The number of para-hydroxylation sites is 2. The SMILES string of the molecule is CCOc1ccc(CCCC(C(=O)N2CCN(c3ccccc3OC)CC2)[C@H](O)C(=O)NO)cc1. The van der Waals surface area contributed by atoms with Crippen LogP contribution in [0.2, 0.25) is 0 Å². The zero-order valence-electron chi connectivity index (χ0n) is 20.4. The van der Waals surface area contributed by atoms with Gasteiger partial charge < -0.3 is 24.4 Å². The third-order valence-electron chi connectivity index (χ3n) is 6.31. The Morgan fingerprint density at radius 2 is 1.74 bits per heavy atom. The Bertz CT molecular complexity index is 960. The van der Waals surface area contributed by atoms with Crippen LogP contribution in [0.3, 0.4) is 0 Å². The van der Waals surface area contributed by atoms with Crippen LogP contribution in [0.5, 0.6) is 11.5 Å². The second-order valence-electron chi connectivity index (χ2n) is 8.48. The Morgan fingerprint density at radius 3 is 2.37 bits per heavy atom. The van der Waals surface area contributed by atoms with E-state index in [1.165, 1.54) is 5.48 Å². The Morgan fingerprint density at radius 1 is 1.06 bits per heavy atom. The third kappa shape index (κ3) is 6.86. The molecule has 2 aromatic carbocycles. The van der Waals surface area contributed by atoms with E-state index >= 15 is 0 Å². The summed E-state index contributed by atoms with van der Waals surface area (Å²) >= 11 is 0. The van der Waals surface area contributed by atoms with Crippen LogP contribution in [0.25, 0.3) is 0 Å². The molecule has 0 aliphatic carbocycles. The zero-order chi connectivity index (χ0) is 25.2. The number of carbonyl (C=O) groups excluding carboxylic acids is 2. The number of amides is 2. The molecule has 1 fully saturated rings. The number of ether oxygens (including phenoxy) is 2. The first-order valence-electron chi connectivity index (χ1n) is 12.0. The van der Waals surface area contributed by atoms with Crippen molar-refractivity contribution in [1.29, 1.82) is 0 Å². The standard InChI is InChI=1S/C26H35N3O6/c1-3-35-20-13-11-19(12-14-20)7-6-8-21(24(30)25(31)27-33)26(32)29-17-15-28(16-18-29)22-9-4-5-10-23(22)34-2/h4-5,9-14,21,24,30,33H,3,6-8,15-18H2,1-2H3,(H,27,31)/t21?,24-/m0/s1. The van der Waals surface area contributed by atoms with Gasteiger partial charge in [-0.2, -0.15) is 0 Å². The van der Waals surface area contributed by atoms with E-state index in [-0.39, 0.29) is 5.91 Å². The van der Waals surface area contributed by atoms with Gasteiger partial charge in [0.2, 0.25) is 5.91 Å². The molecule has 0 saturated carbocycles. The van der Waals surface area contributed by atoms with Gasteiger partial charge in [0, 0.05) is 26.2 Å². The first-order valence-corrected chi connectivity index (χ1v) is 12.0. The zero-order valence-corrected chi connectivity index (χ0v) is 20.4. The fourth-order valence-electron chi connectivity index (χ4n) is 4.40. The van der Waals surface area contributed by atoms with Crippen molar-refractivity contribution in [3.8, 4) is 11.5 Å². The largest absolute Gasteiger partial charge is 0.495 e. The molecule has 1 aliphatic heterocycles. The molecule has 0 radical (unpaired) electrons. The molecule has 1 saturated heterocycles. The van der Waals surface area contributed by atoms with Crippen molar-refractivity contribution >= 4 is 17.5 Å². The first-order chi connectivity index (χ1) is 17.0. The lowest BCUT2D eigenvalue weighted by Crippen LogP contribution is -2.53. The van der Waals surface area contributed by atoms with E-state index in [2.05, 4.69) is 4.90 Å². The number of aliphatic hydroxyl groups excluding tert-OH is 1. The van der Waals surface area contributed by atoms with Crippen molar-refractivity contribution in [2.24, 2.45) is 5.92 Å². The summed E-state index contributed by atoms with van der Waals surface area (Å²) in [6, 6.07) is 15.5. The van der Waals surface area contributed by atoms with Gasteiger partial charge in [-0.1, -0.05) is 24.3 Å². The van der Waals surface area contributed by atoms with E-state index in [4.69, 9.17) is 14.7 Å². The second kappa shape index (κ2) is 13.0. The molecule has 9 heteroatoms. The number of hydrogen-bond acceptors (Lipinski definition) is 7. The number of methoxy groups -OCH3 is 1. The average Bonchev–Trinajstić information content (AvgIpc) is 2.91. The van der Waals surface area contributed by atoms with Crippen molar-refractivity contribution in [2.75, 3.05) is 44.8 Å². The molecule has 190 valence electrons. The summed E-state index contributed by atoms with van der Waals surface area (Å²) < 4.78 is 10.9. The molecule has 0 bridgehead atoms. The summed E-state index contributed by atoms with van der Waals surface area (Å²) in [5, 5.41) is 19.5. The summed E-state index contributed by atoms with van der Waals surface area (Å²) in [5.74, 6) is -0.631. The normalized spacial score (nSPS) is 15.3. The van der Waals surface area contributed by atoms with Gasteiger partial charge >= 0.3 is 0 Å². The fraction of sp³-hybridized carbons (Fsp3) is 0.462. The van der Waals surface area contributed by atoms with Crippen LogP contribution in [-0.2, 0) is 16.0 Å². The Balaban J connectivity index is 1.61. The van der Waals surface area contributed by atoms with Crippen LogP contribution in [-0.4, -0.2) is 73.0 Å². The minimum Gasteiger partial charge on any atom is -0.495 e. The number of rotatable bonds is 11. The molecule has 2 aromatic rings. The number of piperazine rings is 1. The Kier molecular flexibility index (Phi) is 9.75. The Hall–Kier alpha value is -3.30. The van der Waals surface area contributed by atoms with Gasteiger partial charge in [0.05, 0.1) is 25.3 Å². The minimum atomic E-state index is -1.62. The Labute approximate surface area is 206 Å². The average molecular weight is 486 g/mol. The van der Waals surface area contributed by atoms with Crippen molar-refractivity contribution < 1.29 is 29.4 Å². The van der Waals surface area contributed by atoms with Gasteiger partial charge in [-0.15, -0.1) is 0 Å². The van der Waals surface area contributed by atoms with Crippen LogP contribution in [0.1, 0.15) is 25.3 Å². The maximum absolute atomic E-state index is 13.3. The molecule has 0 aromatic heterocycles. The van der Waals surface area contributed by atoms with Gasteiger partial charge in [0.15, 0.2) is 0 Å². The van der Waals surface area contributed by atoms with E-state index in [1.807, 2.05) is 55.5 Å². The van der Waals surface area contributed by atoms with E-state index < -0.39 is 17.9 Å². The van der Waals surface area contributed by atoms with Gasteiger partial charge in [0.1, 0.15) is 17.6 Å². The lowest BCUT2D eigenvalue weighted by Gasteiger charge is -2.38. The smallest absolute Gasteiger partial charge is 0.272 e. The highest BCUT2D eigenvalue weighted by Crippen LogP contribution is 2.29. The number of nitrogens with zero attached hydrogens (tertiary/aromatic N) is 2. The van der Waals surface area contributed by atoms with Gasteiger partial charge in [-0.25, -0.2) is 5.48 Å².